The summed E-state index contributed by atoms with van der Waals surface area (Å²) < 4.78 is 1.02. The first kappa shape index (κ1) is 18.6. The molecule has 0 saturated carbocycles. The molecule has 2 N–H and O–H groups in total. The topological polar surface area (TPSA) is 83.0 Å². The molecule has 4 rings (SSSR count). The van der Waals surface area contributed by atoms with Gasteiger partial charge < -0.3 is 15.5 Å². The third kappa shape index (κ3) is 4.39. The summed E-state index contributed by atoms with van der Waals surface area (Å²) in [6.45, 7) is 5.11. The van der Waals surface area contributed by atoms with Gasteiger partial charge in [-0.2, -0.15) is 4.98 Å². The molecular formula is C20H24N6OS. The van der Waals surface area contributed by atoms with E-state index in [1.807, 2.05) is 37.3 Å². The molecule has 1 fully saturated rings. The predicted molar refractivity (Wildman–Crippen MR) is 113 cm³/mol. The van der Waals surface area contributed by atoms with E-state index < -0.39 is 0 Å². The lowest BCUT2D eigenvalue weighted by Gasteiger charge is -2.28. The summed E-state index contributed by atoms with van der Waals surface area (Å²) in [7, 11) is 0. The van der Waals surface area contributed by atoms with Crippen LogP contribution in [0.2, 0.25) is 0 Å². The van der Waals surface area contributed by atoms with Gasteiger partial charge in [0.25, 0.3) is 5.91 Å². The zero-order chi connectivity index (χ0) is 19.3. The Bertz CT molecular complexity index is 933. The van der Waals surface area contributed by atoms with E-state index in [1.54, 1.807) is 0 Å². The van der Waals surface area contributed by atoms with E-state index in [0.717, 1.165) is 34.8 Å². The van der Waals surface area contributed by atoms with Crippen molar-refractivity contribution in [3.63, 3.8) is 0 Å². The van der Waals surface area contributed by atoms with Crippen LogP contribution in [0.5, 0.6) is 0 Å². The standard InChI is InChI=1S/C20H24N6OS/c1-14-13-17(26-11-5-2-6-12-26)25-20(23-14)22-10-9-21-18(27)19-24-15-7-3-4-8-16(15)28-19/h3-4,7-8,13H,2,5-6,9-12H2,1H3,(H,21,27)(H,22,23,25). The Labute approximate surface area is 168 Å². The molecule has 28 heavy (non-hydrogen) atoms. The van der Waals surface area contributed by atoms with Crippen LogP contribution in [0, 0.1) is 6.92 Å². The second-order valence-electron chi connectivity index (χ2n) is 6.91. The fourth-order valence-electron chi connectivity index (χ4n) is 3.31. The van der Waals surface area contributed by atoms with Crippen LogP contribution in [0.1, 0.15) is 34.8 Å². The highest BCUT2D eigenvalue weighted by Gasteiger charge is 2.14. The number of aromatic nitrogens is 3. The number of carbonyl (C=O) groups excluding carboxylic acids is 1. The monoisotopic (exact) mass is 396 g/mol. The van der Waals surface area contributed by atoms with Crippen molar-refractivity contribution in [2.75, 3.05) is 36.4 Å². The number of amides is 1. The van der Waals surface area contributed by atoms with E-state index in [-0.39, 0.29) is 5.91 Å². The molecule has 0 radical (unpaired) electrons. The molecular weight excluding hydrogens is 372 g/mol. The Hall–Kier alpha value is -2.74. The Morgan fingerprint density at radius 1 is 1.11 bits per heavy atom. The molecule has 146 valence electrons. The molecule has 0 bridgehead atoms. The number of hydrogen-bond acceptors (Lipinski definition) is 7. The molecule has 0 atom stereocenters. The van der Waals surface area contributed by atoms with Crippen LogP contribution in [-0.4, -0.2) is 47.0 Å². The predicted octanol–water partition coefficient (Wildman–Crippen LogP) is 3.23. The van der Waals surface area contributed by atoms with E-state index in [0.29, 0.717) is 24.0 Å². The van der Waals surface area contributed by atoms with Crippen molar-refractivity contribution in [3.05, 3.63) is 41.0 Å². The van der Waals surface area contributed by atoms with E-state index in [1.165, 1.54) is 30.6 Å². The van der Waals surface area contributed by atoms with Crippen LogP contribution in [0.3, 0.4) is 0 Å². The third-order valence-corrected chi connectivity index (χ3v) is 5.74. The van der Waals surface area contributed by atoms with Crippen LogP contribution < -0.4 is 15.5 Å². The maximum Gasteiger partial charge on any atom is 0.280 e. The molecule has 3 aromatic rings. The van der Waals surface area contributed by atoms with E-state index in [9.17, 15) is 4.79 Å². The zero-order valence-electron chi connectivity index (χ0n) is 15.9. The minimum absolute atomic E-state index is 0.151. The highest BCUT2D eigenvalue weighted by molar-refractivity contribution is 7.20. The lowest BCUT2D eigenvalue weighted by atomic mass is 10.1. The van der Waals surface area contributed by atoms with Crippen molar-refractivity contribution in [1.82, 2.24) is 20.3 Å². The van der Waals surface area contributed by atoms with Crippen molar-refractivity contribution in [3.8, 4) is 0 Å². The summed E-state index contributed by atoms with van der Waals surface area (Å²) in [5.74, 6) is 1.44. The number of anilines is 2. The van der Waals surface area contributed by atoms with Crippen LogP contribution in [0.4, 0.5) is 11.8 Å². The first-order valence-electron chi connectivity index (χ1n) is 9.67. The van der Waals surface area contributed by atoms with Gasteiger partial charge in [-0.05, 0) is 38.3 Å². The van der Waals surface area contributed by atoms with Gasteiger partial charge in [0.05, 0.1) is 10.2 Å². The molecule has 1 aromatic carbocycles. The number of piperidine rings is 1. The van der Waals surface area contributed by atoms with E-state index in [2.05, 4.69) is 30.5 Å². The first-order valence-corrected chi connectivity index (χ1v) is 10.5. The van der Waals surface area contributed by atoms with Crippen molar-refractivity contribution in [2.24, 2.45) is 0 Å². The lowest BCUT2D eigenvalue weighted by molar-refractivity contribution is 0.0955. The highest BCUT2D eigenvalue weighted by Crippen LogP contribution is 2.21. The van der Waals surface area contributed by atoms with Gasteiger partial charge in [-0.3, -0.25) is 4.79 Å². The summed E-state index contributed by atoms with van der Waals surface area (Å²) in [5.41, 5.74) is 1.80. The number of nitrogens with zero attached hydrogens (tertiary/aromatic N) is 4. The number of carbonyl (C=O) groups is 1. The van der Waals surface area contributed by atoms with Gasteiger partial charge in [-0.1, -0.05) is 12.1 Å². The number of benzene rings is 1. The summed E-state index contributed by atoms with van der Waals surface area (Å²) in [4.78, 5) is 28.1. The van der Waals surface area contributed by atoms with Crippen LogP contribution >= 0.6 is 11.3 Å². The minimum atomic E-state index is -0.151. The normalized spacial score (nSPS) is 14.2. The molecule has 7 nitrogen and oxygen atoms in total. The third-order valence-electron chi connectivity index (χ3n) is 4.70. The Balaban J connectivity index is 1.31. The lowest BCUT2D eigenvalue weighted by Crippen LogP contribution is -2.31. The number of para-hydroxylation sites is 1. The maximum atomic E-state index is 12.3. The van der Waals surface area contributed by atoms with Crippen LogP contribution in [0.25, 0.3) is 10.2 Å². The molecule has 8 heteroatoms. The van der Waals surface area contributed by atoms with E-state index >= 15 is 0 Å². The second-order valence-corrected chi connectivity index (χ2v) is 7.94. The van der Waals surface area contributed by atoms with Crippen molar-refractivity contribution in [2.45, 2.75) is 26.2 Å². The fourth-order valence-corrected chi connectivity index (χ4v) is 4.19. The average molecular weight is 397 g/mol. The number of aryl methyl sites for hydroxylation is 1. The smallest absolute Gasteiger partial charge is 0.280 e. The van der Waals surface area contributed by atoms with Crippen LogP contribution in [0.15, 0.2) is 30.3 Å². The quantitative estimate of drug-likeness (QED) is 0.623. The van der Waals surface area contributed by atoms with E-state index in [4.69, 9.17) is 0 Å². The largest absolute Gasteiger partial charge is 0.356 e. The summed E-state index contributed by atoms with van der Waals surface area (Å²) in [5, 5.41) is 6.61. The number of rotatable bonds is 6. The van der Waals surface area contributed by atoms with Crippen molar-refractivity contribution >= 4 is 39.2 Å². The molecule has 1 aliphatic heterocycles. The number of fused-ring (bicyclic) bond motifs is 1. The number of nitrogens with one attached hydrogen (secondary N) is 2. The molecule has 0 unspecified atom stereocenters. The van der Waals surface area contributed by atoms with Gasteiger partial charge in [0.2, 0.25) is 5.95 Å². The molecule has 0 spiro atoms. The van der Waals surface area contributed by atoms with Crippen LogP contribution in [-0.2, 0) is 0 Å². The highest BCUT2D eigenvalue weighted by atomic mass is 32.1. The zero-order valence-corrected chi connectivity index (χ0v) is 16.8. The molecule has 1 saturated heterocycles. The van der Waals surface area contributed by atoms with Gasteiger partial charge in [-0.25, -0.2) is 9.97 Å². The molecule has 2 aromatic heterocycles. The van der Waals surface area contributed by atoms with Gasteiger partial charge in [-0.15, -0.1) is 11.3 Å². The molecule has 1 amide bonds. The molecule has 0 aliphatic carbocycles. The second kappa shape index (κ2) is 8.52. The van der Waals surface area contributed by atoms with Gasteiger partial charge >= 0.3 is 0 Å². The summed E-state index contributed by atoms with van der Waals surface area (Å²) in [6, 6.07) is 9.80. The Morgan fingerprint density at radius 2 is 1.93 bits per heavy atom. The fraction of sp³-hybridized carbons (Fsp3) is 0.400. The van der Waals surface area contributed by atoms with Gasteiger partial charge in [0.15, 0.2) is 5.01 Å². The Kier molecular flexibility index (Phi) is 5.66. The van der Waals surface area contributed by atoms with Crippen molar-refractivity contribution < 1.29 is 4.79 Å². The summed E-state index contributed by atoms with van der Waals surface area (Å²) in [6.07, 6.45) is 3.72. The minimum Gasteiger partial charge on any atom is -0.356 e. The average Bonchev–Trinajstić information content (AvgIpc) is 3.16. The first-order chi connectivity index (χ1) is 13.7. The number of thiazole rings is 1. The molecule has 3 heterocycles. The van der Waals surface area contributed by atoms with Gasteiger partial charge in [0.1, 0.15) is 5.82 Å². The van der Waals surface area contributed by atoms with Crippen molar-refractivity contribution in [1.29, 1.82) is 0 Å². The molecule has 1 aliphatic rings. The SMILES string of the molecule is Cc1cc(N2CCCCC2)nc(NCCNC(=O)c2nc3ccccc3s2)n1. The Morgan fingerprint density at radius 3 is 2.75 bits per heavy atom. The van der Waals surface area contributed by atoms with Gasteiger partial charge in [0, 0.05) is 37.9 Å². The maximum absolute atomic E-state index is 12.3. The number of hydrogen-bond donors (Lipinski definition) is 2. The summed E-state index contributed by atoms with van der Waals surface area (Å²) >= 11 is 1.41.